The molecule has 0 aliphatic rings. The van der Waals surface area contributed by atoms with Crippen molar-refractivity contribution >= 4 is 39.9 Å². The molecule has 22 heavy (non-hydrogen) atoms. The normalized spacial score (nSPS) is 10.3. The van der Waals surface area contributed by atoms with Gasteiger partial charge in [0.05, 0.1) is 6.61 Å². The van der Waals surface area contributed by atoms with Crippen LogP contribution in [0.2, 0.25) is 5.02 Å². The van der Waals surface area contributed by atoms with Gasteiger partial charge in [-0.1, -0.05) is 29.8 Å². The van der Waals surface area contributed by atoms with E-state index in [0.717, 1.165) is 5.56 Å². The van der Waals surface area contributed by atoms with Crippen LogP contribution in [0.25, 0.3) is 0 Å². The minimum atomic E-state index is -0.490. The molecule has 116 valence electrons. The number of aryl methyl sites for hydroxylation is 1. The summed E-state index contributed by atoms with van der Waals surface area (Å²) in [6.07, 6.45) is 0.833. The third-order valence-corrected chi connectivity index (χ3v) is 3.94. The van der Waals surface area contributed by atoms with Crippen molar-refractivity contribution < 1.29 is 14.3 Å². The number of thiazole rings is 1. The van der Waals surface area contributed by atoms with E-state index in [1.807, 2.05) is 18.2 Å². The van der Waals surface area contributed by atoms with Crippen LogP contribution in [0.4, 0.5) is 5.13 Å². The summed E-state index contributed by atoms with van der Waals surface area (Å²) >= 11 is 7.23. The fourth-order valence-corrected chi connectivity index (χ4v) is 2.69. The van der Waals surface area contributed by atoms with Crippen LogP contribution in [0.3, 0.4) is 0 Å². The number of ether oxygens (including phenoxy) is 1. The van der Waals surface area contributed by atoms with Crippen LogP contribution in [0.1, 0.15) is 29.4 Å². The summed E-state index contributed by atoms with van der Waals surface area (Å²) in [5, 5.41) is 5.25. The van der Waals surface area contributed by atoms with Gasteiger partial charge >= 0.3 is 5.97 Å². The molecule has 5 nitrogen and oxygen atoms in total. The minimum absolute atomic E-state index is 0.176. The number of hydrogen-bond donors (Lipinski definition) is 1. The van der Waals surface area contributed by atoms with Crippen LogP contribution in [0.5, 0.6) is 0 Å². The predicted molar refractivity (Wildman–Crippen MR) is 86.5 cm³/mol. The van der Waals surface area contributed by atoms with Gasteiger partial charge in [0, 0.05) is 16.8 Å². The highest BCUT2D eigenvalue weighted by molar-refractivity contribution is 7.14. The summed E-state index contributed by atoms with van der Waals surface area (Å²) in [6.45, 7) is 2.01. The summed E-state index contributed by atoms with van der Waals surface area (Å²) in [6, 6.07) is 7.41. The lowest BCUT2D eigenvalue weighted by Crippen LogP contribution is -2.13. The van der Waals surface area contributed by atoms with E-state index in [1.54, 1.807) is 18.4 Å². The van der Waals surface area contributed by atoms with E-state index in [4.69, 9.17) is 16.3 Å². The Morgan fingerprint density at radius 3 is 2.86 bits per heavy atom. The first-order chi connectivity index (χ1) is 10.6. The van der Waals surface area contributed by atoms with Crippen molar-refractivity contribution in [3.63, 3.8) is 0 Å². The van der Waals surface area contributed by atoms with Crippen molar-refractivity contribution in [2.75, 3.05) is 11.9 Å². The van der Waals surface area contributed by atoms with Gasteiger partial charge < -0.3 is 10.1 Å². The van der Waals surface area contributed by atoms with E-state index in [0.29, 0.717) is 16.6 Å². The number of hydrogen-bond acceptors (Lipinski definition) is 5. The number of nitrogens with zero attached hydrogens (tertiary/aromatic N) is 1. The predicted octanol–water partition coefficient (Wildman–Crippen LogP) is 3.54. The standard InChI is InChI=1S/C15H15ClN2O3S/c1-2-21-14(20)12-9-22-15(17-12)18-13(19)8-7-10-5-3-4-6-11(10)16/h3-6,9H,2,7-8H2,1H3,(H,17,18,19). The van der Waals surface area contributed by atoms with Crippen LogP contribution >= 0.6 is 22.9 Å². The molecule has 0 aliphatic carbocycles. The average Bonchev–Trinajstić information content (AvgIpc) is 2.95. The van der Waals surface area contributed by atoms with E-state index in [2.05, 4.69) is 10.3 Å². The lowest BCUT2D eigenvalue weighted by atomic mass is 10.1. The molecular formula is C15H15ClN2O3S. The molecule has 1 aromatic heterocycles. The van der Waals surface area contributed by atoms with Gasteiger partial charge in [0.2, 0.25) is 5.91 Å². The lowest BCUT2D eigenvalue weighted by Gasteiger charge is -2.04. The molecule has 2 aromatic rings. The summed E-state index contributed by atoms with van der Waals surface area (Å²) in [5.41, 5.74) is 1.12. The summed E-state index contributed by atoms with van der Waals surface area (Å²) in [5.74, 6) is -0.667. The van der Waals surface area contributed by atoms with E-state index in [9.17, 15) is 9.59 Å². The second kappa shape index (κ2) is 7.91. The largest absolute Gasteiger partial charge is 0.461 e. The minimum Gasteiger partial charge on any atom is -0.461 e. The SMILES string of the molecule is CCOC(=O)c1csc(NC(=O)CCc2ccccc2Cl)n1. The van der Waals surface area contributed by atoms with Gasteiger partial charge in [-0.25, -0.2) is 9.78 Å². The lowest BCUT2D eigenvalue weighted by molar-refractivity contribution is -0.116. The van der Waals surface area contributed by atoms with Gasteiger partial charge in [-0.15, -0.1) is 11.3 Å². The van der Waals surface area contributed by atoms with Gasteiger partial charge in [0.25, 0.3) is 0 Å². The molecule has 1 aromatic carbocycles. The van der Waals surface area contributed by atoms with Crippen LogP contribution < -0.4 is 5.32 Å². The van der Waals surface area contributed by atoms with Crippen molar-refractivity contribution in [1.82, 2.24) is 4.98 Å². The molecule has 1 heterocycles. The smallest absolute Gasteiger partial charge is 0.357 e. The first-order valence-corrected chi connectivity index (χ1v) is 8.01. The van der Waals surface area contributed by atoms with Crippen LogP contribution in [0.15, 0.2) is 29.6 Å². The Balaban J connectivity index is 1.87. The van der Waals surface area contributed by atoms with Crippen molar-refractivity contribution in [1.29, 1.82) is 0 Å². The molecule has 1 N–H and O–H groups in total. The fraction of sp³-hybridized carbons (Fsp3) is 0.267. The maximum Gasteiger partial charge on any atom is 0.357 e. The molecule has 7 heteroatoms. The molecule has 0 fully saturated rings. The Morgan fingerprint density at radius 1 is 1.36 bits per heavy atom. The quantitative estimate of drug-likeness (QED) is 0.818. The first kappa shape index (κ1) is 16.5. The van der Waals surface area contributed by atoms with Crippen LogP contribution in [-0.2, 0) is 16.0 Å². The zero-order valence-corrected chi connectivity index (χ0v) is 13.5. The van der Waals surface area contributed by atoms with Crippen molar-refractivity contribution in [3.8, 4) is 0 Å². The van der Waals surface area contributed by atoms with Crippen LogP contribution in [-0.4, -0.2) is 23.5 Å². The number of carbonyl (C=O) groups excluding carboxylic acids is 2. The molecule has 0 aliphatic heterocycles. The number of carbonyl (C=O) groups is 2. The van der Waals surface area contributed by atoms with E-state index < -0.39 is 5.97 Å². The van der Waals surface area contributed by atoms with Gasteiger partial charge in [0.15, 0.2) is 10.8 Å². The maximum atomic E-state index is 11.9. The summed E-state index contributed by atoms with van der Waals surface area (Å²) in [4.78, 5) is 27.4. The Bertz CT molecular complexity index is 672. The Kier molecular flexibility index (Phi) is 5.91. The van der Waals surface area contributed by atoms with Gasteiger partial charge in [-0.2, -0.15) is 0 Å². The number of rotatable bonds is 6. The van der Waals surface area contributed by atoms with Crippen molar-refractivity contribution in [2.24, 2.45) is 0 Å². The molecule has 2 rings (SSSR count). The number of esters is 1. The molecule has 0 radical (unpaired) electrons. The molecule has 0 atom stereocenters. The van der Waals surface area contributed by atoms with E-state index in [1.165, 1.54) is 11.3 Å². The molecular weight excluding hydrogens is 324 g/mol. The third-order valence-electron chi connectivity index (χ3n) is 2.81. The van der Waals surface area contributed by atoms with Gasteiger partial charge in [0.1, 0.15) is 0 Å². The second-order valence-corrected chi connectivity index (χ2v) is 5.66. The van der Waals surface area contributed by atoms with Gasteiger partial charge in [-0.05, 0) is 25.0 Å². The number of halogens is 1. The summed E-state index contributed by atoms with van der Waals surface area (Å²) in [7, 11) is 0. The van der Waals surface area contributed by atoms with Gasteiger partial charge in [-0.3, -0.25) is 4.79 Å². The van der Waals surface area contributed by atoms with Crippen molar-refractivity contribution in [2.45, 2.75) is 19.8 Å². The highest BCUT2D eigenvalue weighted by Gasteiger charge is 2.13. The average molecular weight is 339 g/mol. The molecule has 0 spiro atoms. The fourth-order valence-electron chi connectivity index (χ4n) is 1.76. The Labute approximate surface area is 137 Å². The van der Waals surface area contributed by atoms with E-state index in [-0.39, 0.29) is 24.6 Å². The number of amides is 1. The zero-order valence-electron chi connectivity index (χ0n) is 12.0. The Hall–Kier alpha value is -1.92. The molecule has 0 saturated heterocycles. The number of anilines is 1. The molecule has 0 unspecified atom stereocenters. The van der Waals surface area contributed by atoms with E-state index >= 15 is 0 Å². The van der Waals surface area contributed by atoms with Crippen molar-refractivity contribution in [3.05, 3.63) is 45.9 Å². The highest BCUT2D eigenvalue weighted by Crippen LogP contribution is 2.19. The first-order valence-electron chi connectivity index (χ1n) is 6.76. The monoisotopic (exact) mass is 338 g/mol. The maximum absolute atomic E-state index is 11.9. The zero-order chi connectivity index (χ0) is 15.9. The molecule has 0 bridgehead atoms. The third kappa shape index (κ3) is 4.54. The summed E-state index contributed by atoms with van der Waals surface area (Å²) < 4.78 is 4.84. The number of benzene rings is 1. The van der Waals surface area contributed by atoms with Crippen LogP contribution in [0, 0.1) is 0 Å². The number of aromatic nitrogens is 1. The number of nitrogens with one attached hydrogen (secondary N) is 1. The molecule has 0 saturated carbocycles. The highest BCUT2D eigenvalue weighted by atomic mass is 35.5. The topological polar surface area (TPSA) is 68.3 Å². The molecule has 1 amide bonds. The second-order valence-electron chi connectivity index (χ2n) is 4.40. The Morgan fingerprint density at radius 2 is 2.14 bits per heavy atom.